The summed E-state index contributed by atoms with van der Waals surface area (Å²) in [5, 5.41) is 3.75. The van der Waals surface area contributed by atoms with Gasteiger partial charge in [0.2, 0.25) is 0 Å². The van der Waals surface area contributed by atoms with Gasteiger partial charge in [-0.15, -0.1) is 0 Å². The molecule has 0 amide bonds. The molecule has 1 fully saturated rings. The van der Waals surface area contributed by atoms with Crippen molar-refractivity contribution >= 4 is 29.1 Å². The Morgan fingerprint density at radius 3 is 1.29 bits per heavy atom. The SMILES string of the molecule is C1C[N-]1.[Cl][Rh]([Cl])[Cl]. The van der Waals surface area contributed by atoms with Crippen LogP contribution in [0.15, 0.2) is 0 Å². The summed E-state index contributed by atoms with van der Waals surface area (Å²) >= 11 is -1.66. The summed E-state index contributed by atoms with van der Waals surface area (Å²) in [5.41, 5.74) is 0. The first-order valence-corrected chi connectivity index (χ1v) is 7.84. The van der Waals surface area contributed by atoms with Crippen molar-refractivity contribution in [2.75, 3.05) is 13.1 Å². The van der Waals surface area contributed by atoms with E-state index in [1.54, 1.807) is 0 Å². The molecule has 7 heavy (non-hydrogen) atoms. The third-order valence-electron chi connectivity index (χ3n) is 0.224. The molecule has 1 rings (SSSR count). The first kappa shape index (κ1) is 8.45. The van der Waals surface area contributed by atoms with Crippen LogP contribution >= 0.6 is 29.1 Å². The van der Waals surface area contributed by atoms with Crippen LogP contribution in [0.3, 0.4) is 0 Å². The first-order valence-electron chi connectivity index (χ1n) is 1.51. The van der Waals surface area contributed by atoms with E-state index in [4.69, 9.17) is 29.1 Å². The van der Waals surface area contributed by atoms with E-state index in [-0.39, 0.29) is 0 Å². The summed E-state index contributed by atoms with van der Waals surface area (Å²) in [6.45, 7) is 2.25. The van der Waals surface area contributed by atoms with Crippen LogP contribution in [-0.2, 0) is 13.0 Å². The van der Waals surface area contributed by atoms with Gasteiger partial charge in [0.05, 0.1) is 0 Å². The van der Waals surface area contributed by atoms with Gasteiger partial charge >= 0.3 is 42.1 Å². The summed E-state index contributed by atoms with van der Waals surface area (Å²) in [5.74, 6) is 0. The van der Waals surface area contributed by atoms with E-state index >= 15 is 0 Å². The topological polar surface area (TPSA) is 14.1 Å². The van der Waals surface area contributed by atoms with Gasteiger partial charge in [-0.05, 0) is 0 Å². The van der Waals surface area contributed by atoms with Crippen LogP contribution < -0.4 is 0 Å². The molecule has 0 bridgehead atoms. The summed E-state index contributed by atoms with van der Waals surface area (Å²) in [4.78, 5) is 0. The van der Waals surface area contributed by atoms with Crippen molar-refractivity contribution in [3.63, 3.8) is 0 Å². The quantitative estimate of drug-likeness (QED) is 0.464. The Kier molecular flexibility index (Phi) is 6.75. The summed E-state index contributed by atoms with van der Waals surface area (Å²) < 4.78 is 0. The van der Waals surface area contributed by atoms with Crippen LogP contribution in [0, 0.1) is 0 Å². The Bertz CT molecular complexity index is 34.4. The van der Waals surface area contributed by atoms with Crippen molar-refractivity contribution in [1.29, 1.82) is 0 Å². The van der Waals surface area contributed by atoms with Crippen molar-refractivity contribution in [3.05, 3.63) is 5.32 Å². The molecule has 1 aliphatic heterocycles. The molecule has 1 aliphatic rings. The fraction of sp³-hybridized carbons (Fsp3) is 1.00. The van der Waals surface area contributed by atoms with Crippen LogP contribution in [0.4, 0.5) is 0 Å². The van der Waals surface area contributed by atoms with Crippen molar-refractivity contribution in [3.8, 4) is 0 Å². The van der Waals surface area contributed by atoms with Crippen LogP contribution in [0.5, 0.6) is 0 Å². The van der Waals surface area contributed by atoms with E-state index in [2.05, 4.69) is 5.32 Å². The number of rotatable bonds is 0. The van der Waals surface area contributed by atoms with E-state index < -0.39 is 13.0 Å². The maximum atomic E-state index is 4.94. The Hall–Kier alpha value is 1.45. The van der Waals surface area contributed by atoms with Gasteiger partial charge in [-0.2, -0.15) is 13.1 Å². The van der Waals surface area contributed by atoms with Gasteiger partial charge in [-0.25, -0.2) is 0 Å². The summed E-state index contributed by atoms with van der Waals surface area (Å²) in [6.07, 6.45) is 0. The zero-order valence-electron chi connectivity index (χ0n) is 3.33. The van der Waals surface area contributed by atoms with E-state index in [1.165, 1.54) is 0 Å². The fourth-order valence-corrected chi connectivity index (χ4v) is 0. The minimum atomic E-state index is -1.66. The second-order valence-electron chi connectivity index (χ2n) is 0.814. The number of hydrogen-bond donors (Lipinski definition) is 0. The van der Waals surface area contributed by atoms with E-state index in [1.807, 2.05) is 0 Å². The molecule has 1 heterocycles. The van der Waals surface area contributed by atoms with Crippen LogP contribution in [0.1, 0.15) is 0 Å². The van der Waals surface area contributed by atoms with E-state index in [9.17, 15) is 0 Å². The molecule has 0 saturated carbocycles. The van der Waals surface area contributed by atoms with Crippen LogP contribution in [0.2, 0.25) is 0 Å². The molecular weight excluding hydrogens is 247 g/mol. The molecule has 0 spiro atoms. The predicted octanol–water partition coefficient (Wildman–Crippen LogP) is 2.44. The van der Waals surface area contributed by atoms with Crippen LogP contribution in [-0.4, -0.2) is 13.1 Å². The molecule has 48 valence electrons. The molecule has 0 aliphatic carbocycles. The number of nitrogens with zero attached hydrogens (tertiary/aromatic N) is 1. The van der Waals surface area contributed by atoms with E-state index in [0.29, 0.717) is 0 Å². The Morgan fingerprint density at radius 2 is 1.29 bits per heavy atom. The van der Waals surface area contributed by atoms with Crippen molar-refractivity contribution in [2.45, 2.75) is 0 Å². The molecule has 1 saturated heterocycles. The zero-order valence-corrected chi connectivity index (χ0v) is 7.24. The predicted molar refractivity (Wildman–Crippen MR) is 30.7 cm³/mol. The minimum absolute atomic E-state index is 1.12. The molecule has 0 aromatic carbocycles. The van der Waals surface area contributed by atoms with Crippen LogP contribution in [0.25, 0.3) is 5.32 Å². The number of hydrogen-bond acceptors (Lipinski definition) is 0. The van der Waals surface area contributed by atoms with E-state index in [0.717, 1.165) is 13.1 Å². The first-order chi connectivity index (χ1) is 3.23. The van der Waals surface area contributed by atoms with Gasteiger partial charge in [-0.3, -0.25) is 0 Å². The molecule has 0 aromatic rings. The molecule has 0 N–H and O–H groups in total. The molecular formula is C2H4Cl3NRh-. The third-order valence-corrected chi connectivity index (χ3v) is 0.224. The zero-order chi connectivity index (χ0) is 5.70. The van der Waals surface area contributed by atoms with Crippen molar-refractivity contribution in [1.82, 2.24) is 0 Å². The third kappa shape index (κ3) is 36.8. The molecule has 0 atom stereocenters. The Labute approximate surface area is 60.3 Å². The maximum absolute atomic E-state index is 4.94. The van der Waals surface area contributed by atoms with Gasteiger partial charge in [0.1, 0.15) is 0 Å². The molecule has 5 heteroatoms. The Balaban J connectivity index is 0.000000105. The fourth-order valence-electron chi connectivity index (χ4n) is 0. The molecule has 1 nitrogen and oxygen atoms in total. The summed E-state index contributed by atoms with van der Waals surface area (Å²) in [7, 11) is 14.8. The van der Waals surface area contributed by atoms with Gasteiger partial charge in [-0.1, -0.05) is 0 Å². The van der Waals surface area contributed by atoms with Gasteiger partial charge in [0, 0.05) is 0 Å². The summed E-state index contributed by atoms with van der Waals surface area (Å²) in [6, 6.07) is 0. The molecule has 0 aromatic heterocycles. The molecule has 0 unspecified atom stereocenters. The van der Waals surface area contributed by atoms with Crippen molar-refractivity contribution in [2.24, 2.45) is 0 Å². The van der Waals surface area contributed by atoms with Gasteiger partial charge in [0.25, 0.3) is 0 Å². The number of halogens is 3. The average molecular weight is 251 g/mol. The monoisotopic (exact) mass is 250 g/mol. The van der Waals surface area contributed by atoms with Crippen molar-refractivity contribution < 1.29 is 13.0 Å². The second-order valence-corrected chi connectivity index (χ2v) is 8.28. The standard InChI is InChI=1S/C2H4N.3ClH.Rh/c1-2-3-1;;;;/h1-2H2;3*1H;/q-1;;;;+3/p-3. The second kappa shape index (κ2) is 5.59. The van der Waals surface area contributed by atoms with Gasteiger partial charge < -0.3 is 5.32 Å². The Morgan fingerprint density at radius 1 is 1.14 bits per heavy atom. The average Bonchev–Trinajstić information content (AvgIpc) is 2.02. The molecule has 0 radical (unpaired) electrons. The normalized spacial score (nSPS) is 16.7. The van der Waals surface area contributed by atoms with Gasteiger partial charge in [0.15, 0.2) is 0 Å².